The van der Waals surface area contributed by atoms with E-state index in [1.54, 1.807) is 0 Å². The summed E-state index contributed by atoms with van der Waals surface area (Å²) in [5.41, 5.74) is 0. The van der Waals surface area contributed by atoms with Gasteiger partial charge in [0.1, 0.15) is 0 Å². The molecule has 1 saturated carbocycles. The number of nitrogens with one attached hydrogen (secondary N) is 1. The molecule has 1 aliphatic carbocycles. The minimum Gasteiger partial charge on any atom is -0.314 e. The molecular weight excluding hydrogens is 86.1 g/mol. The molecule has 2 atom stereocenters. The van der Waals surface area contributed by atoms with Crippen molar-refractivity contribution in [2.45, 2.75) is 26.3 Å². The Morgan fingerprint density at radius 1 is 1.71 bits per heavy atom. The van der Waals surface area contributed by atoms with Crippen molar-refractivity contribution in [3.63, 3.8) is 0 Å². The first-order valence-electron chi connectivity index (χ1n) is 3.08. The zero-order chi connectivity index (χ0) is 5.28. The molecule has 42 valence electrons. The van der Waals surface area contributed by atoms with E-state index < -0.39 is 0 Å². The van der Waals surface area contributed by atoms with Gasteiger partial charge in [-0.15, -0.1) is 0 Å². The molecule has 1 aliphatic rings. The van der Waals surface area contributed by atoms with Gasteiger partial charge in [-0.25, -0.2) is 0 Å². The summed E-state index contributed by atoms with van der Waals surface area (Å²) < 4.78 is 0. The van der Waals surface area contributed by atoms with Crippen molar-refractivity contribution in [1.82, 2.24) is 5.32 Å². The highest BCUT2D eigenvalue weighted by atomic mass is 14.9. The van der Waals surface area contributed by atoms with Crippen LogP contribution < -0.4 is 5.32 Å². The first-order valence-corrected chi connectivity index (χ1v) is 3.08. The summed E-state index contributed by atoms with van der Waals surface area (Å²) in [6.45, 7) is 5.58. The van der Waals surface area contributed by atoms with Gasteiger partial charge in [0.25, 0.3) is 0 Å². The highest BCUT2D eigenvalue weighted by Gasteiger charge is 2.30. The van der Waals surface area contributed by atoms with Crippen molar-refractivity contribution in [3.05, 3.63) is 0 Å². The first-order chi connectivity index (χ1) is 3.34. The normalized spacial score (nSPS) is 38.6. The van der Waals surface area contributed by atoms with Crippen LogP contribution in [0.5, 0.6) is 0 Å². The monoisotopic (exact) mass is 99.1 g/mol. The van der Waals surface area contributed by atoms with Crippen LogP contribution in [-0.4, -0.2) is 12.6 Å². The van der Waals surface area contributed by atoms with E-state index >= 15 is 0 Å². The molecule has 0 amide bonds. The molecule has 0 aliphatic heterocycles. The molecule has 0 saturated heterocycles. The zero-order valence-electron chi connectivity index (χ0n) is 5.07. The van der Waals surface area contributed by atoms with Gasteiger partial charge in [0, 0.05) is 6.04 Å². The third-order valence-electron chi connectivity index (χ3n) is 1.58. The standard InChI is InChI=1S/C6H13N/c1-3-7-6-4-5(6)2/h5-7H,3-4H2,1-2H3/t5?,6-/m1/s1. The summed E-state index contributed by atoms with van der Waals surface area (Å²) in [5.74, 6) is 0.958. The van der Waals surface area contributed by atoms with Crippen molar-refractivity contribution in [2.24, 2.45) is 5.92 Å². The van der Waals surface area contributed by atoms with Crippen LogP contribution in [0.25, 0.3) is 0 Å². The fourth-order valence-corrected chi connectivity index (χ4v) is 0.869. The third kappa shape index (κ3) is 1.16. The molecule has 0 spiro atoms. The average Bonchev–Trinajstić information content (AvgIpc) is 2.22. The van der Waals surface area contributed by atoms with Gasteiger partial charge in [0.15, 0.2) is 0 Å². The molecule has 0 aromatic carbocycles. The van der Waals surface area contributed by atoms with Crippen LogP contribution in [0.3, 0.4) is 0 Å². The van der Waals surface area contributed by atoms with E-state index in [1.165, 1.54) is 6.42 Å². The Labute approximate surface area is 45.1 Å². The molecule has 7 heavy (non-hydrogen) atoms. The van der Waals surface area contributed by atoms with E-state index in [-0.39, 0.29) is 0 Å². The Morgan fingerprint density at radius 3 is 2.43 bits per heavy atom. The SMILES string of the molecule is CCN[C@@H]1CC1C. The van der Waals surface area contributed by atoms with Gasteiger partial charge >= 0.3 is 0 Å². The van der Waals surface area contributed by atoms with Crippen LogP contribution >= 0.6 is 0 Å². The number of hydrogen-bond donors (Lipinski definition) is 1. The summed E-state index contributed by atoms with van der Waals surface area (Å²) in [5, 5.41) is 3.37. The van der Waals surface area contributed by atoms with Crippen LogP contribution in [0.4, 0.5) is 0 Å². The summed E-state index contributed by atoms with van der Waals surface area (Å²) in [6.07, 6.45) is 1.40. The maximum absolute atomic E-state index is 3.37. The van der Waals surface area contributed by atoms with E-state index in [0.29, 0.717) is 0 Å². The van der Waals surface area contributed by atoms with E-state index in [0.717, 1.165) is 18.5 Å². The predicted molar refractivity (Wildman–Crippen MR) is 31.2 cm³/mol. The molecule has 1 rings (SSSR count). The fourth-order valence-electron chi connectivity index (χ4n) is 0.869. The van der Waals surface area contributed by atoms with Gasteiger partial charge in [-0.1, -0.05) is 13.8 Å². The maximum Gasteiger partial charge on any atom is 0.00962 e. The molecule has 0 bridgehead atoms. The highest BCUT2D eigenvalue weighted by Crippen LogP contribution is 2.28. The van der Waals surface area contributed by atoms with E-state index in [1.807, 2.05) is 0 Å². The summed E-state index contributed by atoms with van der Waals surface area (Å²) >= 11 is 0. The Morgan fingerprint density at radius 2 is 2.29 bits per heavy atom. The van der Waals surface area contributed by atoms with Crippen LogP contribution in [0.15, 0.2) is 0 Å². The summed E-state index contributed by atoms with van der Waals surface area (Å²) in [7, 11) is 0. The van der Waals surface area contributed by atoms with Crippen molar-refractivity contribution in [3.8, 4) is 0 Å². The lowest BCUT2D eigenvalue weighted by molar-refractivity contribution is 0.680. The Balaban J connectivity index is 1.98. The first kappa shape index (κ1) is 5.10. The van der Waals surface area contributed by atoms with Gasteiger partial charge in [-0.3, -0.25) is 0 Å². The number of hydrogen-bond acceptors (Lipinski definition) is 1. The second-order valence-electron chi connectivity index (χ2n) is 2.38. The van der Waals surface area contributed by atoms with Crippen molar-refractivity contribution in [2.75, 3.05) is 6.54 Å². The Hall–Kier alpha value is -0.0400. The van der Waals surface area contributed by atoms with Crippen LogP contribution in [0.2, 0.25) is 0 Å². The lowest BCUT2D eigenvalue weighted by atomic mass is 10.5. The number of rotatable bonds is 2. The molecular formula is C6H13N. The lowest BCUT2D eigenvalue weighted by Gasteiger charge is -1.92. The average molecular weight is 99.2 g/mol. The van der Waals surface area contributed by atoms with E-state index in [2.05, 4.69) is 19.2 Å². The molecule has 0 aromatic heterocycles. The quantitative estimate of drug-likeness (QED) is 0.544. The second kappa shape index (κ2) is 1.83. The van der Waals surface area contributed by atoms with Gasteiger partial charge < -0.3 is 5.32 Å². The lowest BCUT2D eigenvalue weighted by Crippen LogP contribution is -2.16. The minimum absolute atomic E-state index is 0.866. The van der Waals surface area contributed by atoms with Crippen LogP contribution in [-0.2, 0) is 0 Å². The molecule has 1 nitrogen and oxygen atoms in total. The van der Waals surface area contributed by atoms with E-state index in [4.69, 9.17) is 0 Å². The molecule has 1 heteroatoms. The molecule has 1 unspecified atom stereocenters. The molecule has 0 heterocycles. The second-order valence-corrected chi connectivity index (χ2v) is 2.38. The molecule has 0 radical (unpaired) electrons. The fraction of sp³-hybridized carbons (Fsp3) is 1.00. The largest absolute Gasteiger partial charge is 0.314 e. The zero-order valence-corrected chi connectivity index (χ0v) is 5.07. The van der Waals surface area contributed by atoms with Crippen LogP contribution in [0, 0.1) is 5.92 Å². The molecule has 1 fully saturated rings. The molecule has 0 aromatic rings. The van der Waals surface area contributed by atoms with Crippen LogP contribution in [0.1, 0.15) is 20.3 Å². The minimum atomic E-state index is 0.866. The predicted octanol–water partition coefficient (Wildman–Crippen LogP) is 1.00. The summed E-state index contributed by atoms with van der Waals surface area (Å²) in [4.78, 5) is 0. The Bertz CT molecular complexity index is 61.2. The van der Waals surface area contributed by atoms with Gasteiger partial charge in [0.2, 0.25) is 0 Å². The third-order valence-corrected chi connectivity index (χ3v) is 1.58. The van der Waals surface area contributed by atoms with Gasteiger partial charge in [-0.2, -0.15) is 0 Å². The topological polar surface area (TPSA) is 12.0 Å². The van der Waals surface area contributed by atoms with E-state index in [9.17, 15) is 0 Å². The van der Waals surface area contributed by atoms with Crippen molar-refractivity contribution < 1.29 is 0 Å². The Kier molecular flexibility index (Phi) is 1.33. The maximum atomic E-state index is 3.37. The van der Waals surface area contributed by atoms with Crippen molar-refractivity contribution in [1.29, 1.82) is 0 Å². The smallest absolute Gasteiger partial charge is 0.00962 e. The summed E-state index contributed by atoms with van der Waals surface area (Å²) in [6, 6.07) is 0.866. The van der Waals surface area contributed by atoms with Gasteiger partial charge in [-0.05, 0) is 18.9 Å². The highest BCUT2D eigenvalue weighted by molar-refractivity contribution is 4.88. The molecule has 1 N–H and O–H groups in total. The van der Waals surface area contributed by atoms with Crippen molar-refractivity contribution >= 4 is 0 Å². The van der Waals surface area contributed by atoms with Gasteiger partial charge in [0.05, 0.1) is 0 Å².